The largest absolute Gasteiger partial charge is 0.352 e. The Kier molecular flexibility index (Phi) is 9.19. The molecule has 2 aromatic rings. The predicted octanol–water partition coefficient (Wildman–Crippen LogP) is 5.57. The van der Waals surface area contributed by atoms with Crippen LogP contribution in [0.3, 0.4) is 0 Å². The highest BCUT2D eigenvalue weighted by atomic mass is 35.5. The zero-order valence-corrected chi connectivity index (χ0v) is 19.6. The van der Waals surface area contributed by atoms with Crippen LogP contribution in [0.1, 0.15) is 50.3 Å². The van der Waals surface area contributed by atoms with Gasteiger partial charge in [-0.25, -0.2) is 0 Å². The number of amides is 2. The highest BCUT2D eigenvalue weighted by molar-refractivity contribution is 6.35. The fourth-order valence-corrected chi connectivity index (χ4v) is 3.50. The van der Waals surface area contributed by atoms with Crippen LogP contribution in [0.25, 0.3) is 0 Å². The van der Waals surface area contributed by atoms with Gasteiger partial charge in [0.25, 0.3) is 0 Å². The third-order valence-electron chi connectivity index (χ3n) is 5.27. The molecule has 30 heavy (non-hydrogen) atoms. The number of carbonyl (C=O) groups excluding carboxylic acids is 2. The van der Waals surface area contributed by atoms with E-state index in [1.54, 1.807) is 30.0 Å². The number of nitrogens with zero attached hydrogens (tertiary/aromatic N) is 1. The topological polar surface area (TPSA) is 49.4 Å². The Balaban J connectivity index is 2.18. The van der Waals surface area contributed by atoms with E-state index in [-0.39, 0.29) is 24.4 Å². The number of hydrogen-bond donors (Lipinski definition) is 1. The van der Waals surface area contributed by atoms with E-state index in [0.717, 1.165) is 17.5 Å². The third kappa shape index (κ3) is 7.03. The quantitative estimate of drug-likeness (QED) is 0.545. The number of aryl methyl sites for hydroxylation is 2. The fraction of sp³-hybridized carbons (Fsp3) is 0.417. The van der Waals surface area contributed by atoms with Gasteiger partial charge in [-0.15, -0.1) is 0 Å². The van der Waals surface area contributed by atoms with Crippen LogP contribution in [0.2, 0.25) is 10.0 Å². The van der Waals surface area contributed by atoms with E-state index in [4.69, 9.17) is 23.2 Å². The predicted molar refractivity (Wildman–Crippen MR) is 124 cm³/mol. The highest BCUT2D eigenvalue weighted by Gasteiger charge is 2.27. The number of halogens is 2. The minimum Gasteiger partial charge on any atom is -0.352 e. The Labute approximate surface area is 189 Å². The van der Waals surface area contributed by atoms with Crippen molar-refractivity contribution in [1.29, 1.82) is 0 Å². The minimum absolute atomic E-state index is 0.0450. The van der Waals surface area contributed by atoms with Crippen molar-refractivity contribution in [1.82, 2.24) is 10.2 Å². The van der Waals surface area contributed by atoms with Crippen molar-refractivity contribution in [3.63, 3.8) is 0 Å². The molecule has 0 spiro atoms. The van der Waals surface area contributed by atoms with Crippen LogP contribution in [0.15, 0.2) is 42.5 Å². The zero-order valence-electron chi connectivity index (χ0n) is 18.0. The summed E-state index contributed by atoms with van der Waals surface area (Å²) in [5.41, 5.74) is 3.03. The average molecular weight is 449 g/mol. The lowest BCUT2D eigenvalue weighted by atomic mass is 10.1. The molecule has 0 aromatic heterocycles. The lowest BCUT2D eigenvalue weighted by molar-refractivity contribution is -0.140. The van der Waals surface area contributed by atoms with Gasteiger partial charge >= 0.3 is 0 Å². The standard InChI is InChI=1S/C24H30Cl2N2O2/c1-5-17(3)27-24(30)18(4)28(15-20-11-12-21(25)14-22(20)26)23(29)13-10-19-8-6-16(2)7-9-19/h6-9,11-12,14,17-18H,5,10,13,15H2,1-4H3,(H,27,30). The van der Waals surface area contributed by atoms with Gasteiger partial charge in [-0.2, -0.15) is 0 Å². The van der Waals surface area contributed by atoms with Crippen molar-refractivity contribution >= 4 is 35.0 Å². The van der Waals surface area contributed by atoms with Gasteiger partial charge in [-0.3, -0.25) is 9.59 Å². The SMILES string of the molecule is CCC(C)NC(=O)C(C)N(Cc1ccc(Cl)cc1Cl)C(=O)CCc1ccc(C)cc1. The summed E-state index contributed by atoms with van der Waals surface area (Å²) in [7, 11) is 0. The van der Waals surface area contributed by atoms with Gasteiger partial charge in [-0.1, -0.05) is 66.0 Å². The second-order valence-corrected chi connectivity index (χ2v) is 8.58. The van der Waals surface area contributed by atoms with Gasteiger partial charge < -0.3 is 10.2 Å². The third-order valence-corrected chi connectivity index (χ3v) is 5.86. The smallest absolute Gasteiger partial charge is 0.242 e. The highest BCUT2D eigenvalue weighted by Crippen LogP contribution is 2.23. The maximum atomic E-state index is 13.1. The minimum atomic E-state index is -0.615. The van der Waals surface area contributed by atoms with Gasteiger partial charge in [0.05, 0.1) is 0 Å². The molecule has 6 heteroatoms. The molecule has 0 aliphatic carbocycles. The molecule has 0 radical (unpaired) electrons. The molecule has 2 rings (SSSR count). The lowest BCUT2D eigenvalue weighted by Crippen LogP contribution is -2.49. The molecule has 2 atom stereocenters. The van der Waals surface area contributed by atoms with Crippen LogP contribution < -0.4 is 5.32 Å². The summed E-state index contributed by atoms with van der Waals surface area (Å²) < 4.78 is 0. The molecule has 0 saturated heterocycles. The van der Waals surface area contributed by atoms with E-state index in [1.807, 2.05) is 45.0 Å². The van der Waals surface area contributed by atoms with Gasteiger partial charge in [0.1, 0.15) is 6.04 Å². The van der Waals surface area contributed by atoms with Crippen LogP contribution in [0, 0.1) is 6.92 Å². The summed E-state index contributed by atoms with van der Waals surface area (Å²) in [6, 6.07) is 12.7. The van der Waals surface area contributed by atoms with Gasteiger partial charge in [0, 0.05) is 29.1 Å². The maximum Gasteiger partial charge on any atom is 0.242 e. The molecule has 4 nitrogen and oxygen atoms in total. The van der Waals surface area contributed by atoms with Crippen molar-refractivity contribution in [2.75, 3.05) is 0 Å². The molecule has 0 bridgehead atoms. The van der Waals surface area contributed by atoms with E-state index < -0.39 is 6.04 Å². The first-order valence-electron chi connectivity index (χ1n) is 10.3. The van der Waals surface area contributed by atoms with Crippen LogP contribution in [0.4, 0.5) is 0 Å². The molecule has 0 aliphatic rings. The van der Waals surface area contributed by atoms with Crippen LogP contribution in [-0.2, 0) is 22.6 Å². The molecule has 1 N–H and O–H groups in total. The monoisotopic (exact) mass is 448 g/mol. The normalized spacial score (nSPS) is 12.9. The van der Waals surface area contributed by atoms with Gasteiger partial charge in [-0.05, 0) is 56.9 Å². The van der Waals surface area contributed by atoms with E-state index in [9.17, 15) is 9.59 Å². The number of rotatable bonds is 9. The van der Waals surface area contributed by atoms with Crippen molar-refractivity contribution in [3.8, 4) is 0 Å². The van der Waals surface area contributed by atoms with E-state index in [2.05, 4.69) is 5.32 Å². The second-order valence-electron chi connectivity index (χ2n) is 7.74. The van der Waals surface area contributed by atoms with Gasteiger partial charge in [0.2, 0.25) is 11.8 Å². The summed E-state index contributed by atoms with van der Waals surface area (Å²) >= 11 is 12.3. The Morgan fingerprint density at radius 3 is 2.33 bits per heavy atom. The molecular weight excluding hydrogens is 419 g/mol. The van der Waals surface area contributed by atoms with E-state index in [1.165, 1.54) is 5.56 Å². The van der Waals surface area contributed by atoms with Crippen LogP contribution in [-0.4, -0.2) is 28.8 Å². The molecule has 0 aliphatic heterocycles. The van der Waals surface area contributed by atoms with Crippen LogP contribution >= 0.6 is 23.2 Å². The fourth-order valence-electron chi connectivity index (χ4n) is 3.03. The zero-order chi connectivity index (χ0) is 22.3. The molecule has 0 heterocycles. The maximum absolute atomic E-state index is 13.1. The Morgan fingerprint density at radius 1 is 1.07 bits per heavy atom. The molecule has 162 valence electrons. The first-order chi connectivity index (χ1) is 14.2. The first-order valence-corrected chi connectivity index (χ1v) is 11.1. The van der Waals surface area contributed by atoms with Crippen molar-refractivity contribution in [2.45, 2.75) is 65.6 Å². The van der Waals surface area contributed by atoms with E-state index in [0.29, 0.717) is 22.9 Å². The average Bonchev–Trinajstić information content (AvgIpc) is 2.72. The van der Waals surface area contributed by atoms with Crippen molar-refractivity contribution < 1.29 is 9.59 Å². The summed E-state index contributed by atoms with van der Waals surface area (Å²) in [4.78, 5) is 27.5. The van der Waals surface area contributed by atoms with Gasteiger partial charge in [0.15, 0.2) is 0 Å². The Morgan fingerprint density at radius 2 is 1.73 bits per heavy atom. The Hall–Kier alpha value is -2.04. The number of nitrogens with one attached hydrogen (secondary N) is 1. The summed E-state index contributed by atoms with van der Waals surface area (Å²) in [6.07, 6.45) is 1.75. The summed E-state index contributed by atoms with van der Waals surface area (Å²) in [5.74, 6) is -0.258. The van der Waals surface area contributed by atoms with E-state index >= 15 is 0 Å². The molecular formula is C24H30Cl2N2O2. The number of benzene rings is 2. The molecule has 2 unspecified atom stereocenters. The molecule has 0 fully saturated rings. The Bertz CT molecular complexity index is 868. The summed E-state index contributed by atoms with van der Waals surface area (Å²) in [5, 5.41) is 3.98. The molecule has 2 amide bonds. The molecule has 2 aromatic carbocycles. The van der Waals surface area contributed by atoms with Crippen LogP contribution in [0.5, 0.6) is 0 Å². The van der Waals surface area contributed by atoms with Crippen molar-refractivity contribution in [3.05, 3.63) is 69.2 Å². The first kappa shape index (κ1) is 24.2. The second kappa shape index (κ2) is 11.4. The van der Waals surface area contributed by atoms with Crippen molar-refractivity contribution in [2.24, 2.45) is 0 Å². The molecule has 0 saturated carbocycles. The number of hydrogen-bond acceptors (Lipinski definition) is 2. The number of carbonyl (C=O) groups is 2. The summed E-state index contributed by atoms with van der Waals surface area (Å²) in [6.45, 7) is 7.99. The lowest BCUT2D eigenvalue weighted by Gasteiger charge is -2.30.